The number of rotatable bonds is 8. The molecular weight excluding hydrogens is 1010 g/mol. The average molecular weight is 1100 g/mol. The zero-order valence-electron chi connectivity index (χ0n) is 45.2. The molecule has 0 fully saturated rings. The standard InChI is InChI=1S/8C6H12O2.2Zr/c8*1-6(2,3)4-5(7)8;;/h8*4H2,1-3H3,(H,7,8);;/q;;;;;;;;2*+4/p-8. The molecule has 66 heavy (non-hydrogen) atoms. The van der Waals surface area contributed by atoms with Gasteiger partial charge in [0, 0.05) is 47.8 Å². The molecule has 0 aromatic heterocycles. The van der Waals surface area contributed by atoms with E-state index in [1.54, 1.807) is 0 Å². The van der Waals surface area contributed by atoms with Gasteiger partial charge in [-0.15, -0.1) is 0 Å². The van der Waals surface area contributed by atoms with Crippen molar-refractivity contribution in [3.63, 3.8) is 0 Å². The summed E-state index contributed by atoms with van der Waals surface area (Å²) in [6.07, 6.45) is 1.06. The van der Waals surface area contributed by atoms with Crippen LogP contribution >= 0.6 is 0 Å². The minimum absolute atomic E-state index is 0. The summed E-state index contributed by atoms with van der Waals surface area (Å²) in [7, 11) is 0. The van der Waals surface area contributed by atoms with Crippen LogP contribution in [0.25, 0.3) is 0 Å². The second kappa shape index (κ2) is 39.4. The average Bonchev–Trinajstić information content (AvgIpc) is 2.78. The monoisotopic (exact) mass is 1100 g/mol. The van der Waals surface area contributed by atoms with Crippen molar-refractivity contribution < 1.29 is 132 Å². The molecule has 0 aliphatic carbocycles. The maximum atomic E-state index is 9.90. The van der Waals surface area contributed by atoms with Crippen molar-refractivity contribution in [2.24, 2.45) is 43.3 Å². The summed E-state index contributed by atoms with van der Waals surface area (Å²) in [6, 6.07) is 0. The molecule has 0 atom stereocenters. The Hall–Kier alpha value is -2.47. The Bertz CT molecular complexity index is 1040. The molecule has 0 rings (SSSR count). The Morgan fingerprint density at radius 3 is 0.242 bits per heavy atom. The van der Waals surface area contributed by atoms with Crippen molar-refractivity contribution in [3.05, 3.63) is 0 Å². The second-order valence-corrected chi connectivity index (χ2v) is 24.9. The van der Waals surface area contributed by atoms with E-state index in [-0.39, 0.29) is 147 Å². The summed E-state index contributed by atoms with van der Waals surface area (Å²) in [6.45, 7) is 44.7. The molecule has 0 aliphatic heterocycles. The zero-order chi connectivity index (χ0) is 54.3. The topological polar surface area (TPSA) is 321 Å². The normalized spacial score (nSPS) is 11.0. The smallest absolute Gasteiger partial charge is 0.550 e. The van der Waals surface area contributed by atoms with Gasteiger partial charge in [0.15, 0.2) is 0 Å². The number of carbonyl (C=O) groups excluding carboxylic acids is 8. The molecule has 0 heterocycles. The molecular formula is C48H88O16Zr2. The second-order valence-electron chi connectivity index (χ2n) is 24.9. The molecule has 0 aromatic carbocycles. The Morgan fingerprint density at radius 2 is 0.242 bits per heavy atom. The third-order valence-electron chi connectivity index (χ3n) is 5.40. The summed E-state index contributed by atoms with van der Waals surface area (Å²) in [5, 5.41) is 79.2. The molecule has 0 aliphatic rings. The number of carbonyl (C=O) groups is 8. The quantitative estimate of drug-likeness (QED) is 0.331. The summed E-state index contributed by atoms with van der Waals surface area (Å²) < 4.78 is 0. The fourth-order valence-electron chi connectivity index (χ4n) is 3.46. The van der Waals surface area contributed by atoms with Gasteiger partial charge in [-0.2, -0.15) is 0 Å². The van der Waals surface area contributed by atoms with Gasteiger partial charge in [0.05, 0.1) is 0 Å². The van der Waals surface area contributed by atoms with Crippen LogP contribution in [0, 0.1) is 43.3 Å². The van der Waals surface area contributed by atoms with Crippen LogP contribution in [-0.2, 0) is 90.8 Å². The first kappa shape index (κ1) is 86.7. The summed E-state index contributed by atoms with van der Waals surface area (Å²) in [4.78, 5) is 79.2. The molecule has 0 radical (unpaired) electrons. The Kier molecular flexibility index (Phi) is 51.7. The third kappa shape index (κ3) is 160. The van der Waals surface area contributed by atoms with Crippen molar-refractivity contribution in [1.29, 1.82) is 0 Å². The van der Waals surface area contributed by atoms with E-state index in [1.807, 2.05) is 166 Å². The fourth-order valence-corrected chi connectivity index (χ4v) is 3.46. The first-order valence-electron chi connectivity index (χ1n) is 20.9. The molecule has 0 unspecified atom stereocenters. The van der Waals surface area contributed by atoms with Gasteiger partial charge in [0.2, 0.25) is 0 Å². The zero-order valence-corrected chi connectivity index (χ0v) is 50.1. The van der Waals surface area contributed by atoms with E-state index in [0.29, 0.717) is 0 Å². The van der Waals surface area contributed by atoms with E-state index in [9.17, 15) is 79.2 Å². The van der Waals surface area contributed by atoms with Crippen molar-refractivity contribution in [2.75, 3.05) is 0 Å². The Balaban J connectivity index is -0.0000000676. The molecule has 384 valence electrons. The minimum atomic E-state index is -0.975. The first-order valence-corrected chi connectivity index (χ1v) is 20.9. The molecule has 0 saturated carbocycles. The van der Waals surface area contributed by atoms with Crippen molar-refractivity contribution >= 4 is 47.8 Å². The fraction of sp³-hybridized carbons (Fsp3) is 0.833. The van der Waals surface area contributed by atoms with Gasteiger partial charge in [-0.1, -0.05) is 166 Å². The summed E-state index contributed by atoms with van der Waals surface area (Å²) in [5.74, 6) is -7.80. The van der Waals surface area contributed by atoms with Crippen LogP contribution < -0.4 is 40.9 Å². The number of hydrogen-bond donors (Lipinski definition) is 0. The predicted octanol–water partition coefficient (Wildman–Crippen LogP) is 1.38. The van der Waals surface area contributed by atoms with E-state index < -0.39 is 47.8 Å². The van der Waals surface area contributed by atoms with Crippen molar-refractivity contribution in [3.8, 4) is 0 Å². The first-order chi connectivity index (χ1) is 27.3. The van der Waals surface area contributed by atoms with E-state index >= 15 is 0 Å². The van der Waals surface area contributed by atoms with Crippen LogP contribution in [0.2, 0.25) is 0 Å². The van der Waals surface area contributed by atoms with Gasteiger partial charge in [0.1, 0.15) is 0 Å². The molecule has 18 heteroatoms. The maximum absolute atomic E-state index is 9.90. The van der Waals surface area contributed by atoms with Crippen LogP contribution in [0.1, 0.15) is 218 Å². The molecule has 0 spiro atoms. The number of aliphatic carboxylic acids is 8. The van der Waals surface area contributed by atoms with Gasteiger partial charge in [-0.25, -0.2) is 0 Å². The van der Waals surface area contributed by atoms with Gasteiger partial charge >= 0.3 is 52.4 Å². The number of carboxylic acids is 8. The minimum Gasteiger partial charge on any atom is -0.550 e. The summed E-state index contributed by atoms with van der Waals surface area (Å²) >= 11 is 0. The van der Waals surface area contributed by atoms with Crippen LogP contribution in [0.3, 0.4) is 0 Å². The van der Waals surface area contributed by atoms with Gasteiger partial charge in [-0.3, -0.25) is 0 Å². The molecule has 0 amide bonds. The van der Waals surface area contributed by atoms with Crippen LogP contribution in [0.4, 0.5) is 0 Å². The van der Waals surface area contributed by atoms with E-state index in [0.717, 1.165) is 0 Å². The van der Waals surface area contributed by atoms with Gasteiger partial charge in [0.25, 0.3) is 0 Å². The van der Waals surface area contributed by atoms with E-state index in [1.165, 1.54) is 0 Å². The third-order valence-corrected chi connectivity index (χ3v) is 5.40. The molecule has 0 bridgehead atoms. The number of hydrogen-bond acceptors (Lipinski definition) is 16. The van der Waals surface area contributed by atoms with Gasteiger partial charge in [-0.05, 0) is 94.7 Å². The Morgan fingerprint density at radius 1 is 0.197 bits per heavy atom. The van der Waals surface area contributed by atoms with E-state index in [4.69, 9.17) is 0 Å². The maximum Gasteiger partial charge on any atom is 4.00 e. The van der Waals surface area contributed by atoms with Gasteiger partial charge < -0.3 is 79.2 Å². The van der Waals surface area contributed by atoms with Crippen LogP contribution in [0.15, 0.2) is 0 Å². The van der Waals surface area contributed by atoms with Crippen molar-refractivity contribution in [1.82, 2.24) is 0 Å². The molecule has 0 saturated heterocycles. The van der Waals surface area contributed by atoms with Crippen LogP contribution in [-0.4, -0.2) is 47.8 Å². The summed E-state index contributed by atoms with van der Waals surface area (Å²) in [5.41, 5.74) is -1.12. The molecule has 0 N–H and O–H groups in total. The van der Waals surface area contributed by atoms with Crippen molar-refractivity contribution in [2.45, 2.75) is 218 Å². The largest absolute Gasteiger partial charge is 4.00 e. The van der Waals surface area contributed by atoms with Crippen LogP contribution in [0.5, 0.6) is 0 Å². The Labute approximate surface area is 437 Å². The SMILES string of the molecule is CC(C)(C)CC(=O)[O-].CC(C)(C)CC(=O)[O-].CC(C)(C)CC(=O)[O-].CC(C)(C)CC(=O)[O-].CC(C)(C)CC(=O)[O-].CC(C)(C)CC(=O)[O-].CC(C)(C)CC(=O)[O-].CC(C)(C)CC(=O)[O-].[Zr+4].[Zr+4]. The predicted molar refractivity (Wildman–Crippen MR) is 233 cm³/mol. The number of carboxylic acid groups (broad SMARTS) is 8. The molecule has 16 nitrogen and oxygen atoms in total. The van der Waals surface area contributed by atoms with E-state index in [2.05, 4.69) is 0 Å². The molecule has 0 aromatic rings.